The van der Waals surface area contributed by atoms with Gasteiger partial charge in [0.1, 0.15) is 5.75 Å². The molecule has 1 aliphatic heterocycles. The zero-order valence-corrected chi connectivity index (χ0v) is 20.6. The minimum atomic E-state index is -5.08. The van der Waals surface area contributed by atoms with Crippen LogP contribution in [0.15, 0.2) is 36.7 Å². The van der Waals surface area contributed by atoms with E-state index in [4.69, 9.17) is 14.9 Å². The van der Waals surface area contributed by atoms with Crippen molar-refractivity contribution in [2.45, 2.75) is 38.0 Å². The third kappa shape index (κ3) is 6.14. The van der Waals surface area contributed by atoms with E-state index in [-0.39, 0.29) is 5.75 Å². The molecule has 0 radical (unpaired) electrons. The average molecular weight is 536 g/mol. The van der Waals surface area contributed by atoms with Gasteiger partial charge in [-0.2, -0.15) is 23.3 Å². The summed E-state index contributed by atoms with van der Waals surface area (Å²) in [5.74, 6) is -2.60. The zero-order chi connectivity index (χ0) is 26.7. The van der Waals surface area contributed by atoms with Crippen LogP contribution in [0.5, 0.6) is 5.75 Å². The van der Waals surface area contributed by atoms with Crippen molar-refractivity contribution in [1.82, 2.24) is 30.7 Å². The highest BCUT2D eigenvalue weighted by molar-refractivity contribution is 7.22. The molecular weight excluding hydrogens is 511 g/mol. The van der Waals surface area contributed by atoms with Crippen molar-refractivity contribution in [1.29, 1.82) is 0 Å². The van der Waals surface area contributed by atoms with Crippen molar-refractivity contribution < 1.29 is 28.2 Å². The molecule has 1 aromatic carbocycles. The minimum Gasteiger partial charge on any atom is -0.507 e. The Morgan fingerprint density at radius 2 is 1.97 bits per heavy atom. The van der Waals surface area contributed by atoms with E-state index in [2.05, 4.69) is 44.6 Å². The summed E-state index contributed by atoms with van der Waals surface area (Å²) in [5.41, 5.74) is 3.72. The van der Waals surface area contributed by atoms with Gasteiger partial charge in [0.25, 0.3) is 0 Å². The highest BCUT2D eigenvalue weighted by atomic mass is 32.1. The van der Waals surface area contributed by atoms with Gasteiger partial charge < -0.3 is 20.4 Å². The number of thiazole rings is 1. The number of H-pyrrole nitrogens is 1. The van der Waals surface area contributed by atoms with Gasteiger partial charge in [0.15, 0.2) is 10.8 Å². The average Bonchev–Trinajstić information content (AvgIpc) is 3.53. The Kier molecular flexibility index (Phi) is 7.59. The predicted molar refractivity (Wildman–Crippen MR) is 132 cm³/mol. The van der Waals surface area contributed by atoms with Crippen molar-refractivity contribution in [3.63, 3.8) is 0 Å². The number of fused-ring (bicyclic) bond motifs is 1. The number of nitrogens with zero attached hydrogens (tertiary/aromatic N) is 5. The summed E-state index contributed by atoms with van der Waals surface area (Å²) in [5, 5.41) is 37.5. The van der Waals surface area contributed by atoms with Crippen LogP contribution < -0.4 is 10.2 Å². The van der Waals surface area contributed by atoms with E-state index >= 15 is 0 Å². The molecule has 0 spiro atoms. The largest absolute Gasteiger partial charge is 0.507 e. The molecule has 0 aliphatic carbocycles. The van der Waals surface area contributed by atoms with Crippen LogP contribution in [-0.2, 0) is 4.79 Å². The molecule has 196 valence electrons. The fourth-order valence-corrected chi connectivity index (χ4v) is 4.94. The predicted octanol–water partition coefficient (Wildman–Crippen LogP) is 4.06. The number of aromatic nitrogens is 5. The smallest absolute Gasteiger partial charge is 0.490 e. The van der Waals surface area contributed by atoms with Crippen LogP contribution >= 0.6 is 11.3 Å². The first-order valence-electron chi connectivity index (χ1n) is 11.3. The fraction of sp³-hybridized carbons (Fsp3) is 0.348. The molecule has 0 bridgehead atoms. The number of carboxylic acids is 1. The van der Waals surface area contributed by atoms with Crippen molar-refractivity contribution in [3.05, 3.63) is 36.7 Å². The van der Waals surface area contributed by atoms with Crippen molar-refractivity contribution in [3.8, 4) is 28.1 Å². The first-order valence-corrected chi connectivity index (χ1v) is 12.1. The second-order valence-electron chi connectivity index (χ2n) is 8.58. The number of piperidine rings is 1. The van der Waals surface area contributed by atoms with Crippen molar-refractivity contribution in [2.24, 2.45) is 0 Å². The number of carbonyl (C=O) groups is 1. The first kappa shape index (κ1) is 26.3. The quantitative estimate of drug-likeness (QED) is 0.305. The van der Waals surface area contributed by atoms with Crippen LogP contribution in [0.3, 0.4) is 0 Å². The number of hydrogen-bond acceptors (Lipinski definition) is 9. The number of phenolic OH excluding ortho intramolecular Hbond substituents is 1. The monoisotopic (exact) mass is 535 g/mol. The van der Waals surface area contributed by atoms with Crippen molar-refractivity contribution >= 4 is 32.8 Å². The second-order valence-corrected chi connectivity index (χ2v) is 9.59. The molecule has 3 aromatic heterocycles. The number of alkyl halides is 3. The molecule has 5 rings (SSSR count). The summed E-state index contributed by atoms with van der Waals surface area (Å²) in [6, 6.07) is 8.45. The number of benzene rings is 1. The number of aromatic hydroxyl groups is 1. The Hall–Kier alpha value is -3.78. The van der Waals surface area contributed by atoms with E-state index in [0.717, 1.165) is 40.3 Å². The topological polar surface area (TPSA) is 140 Å². The van der Waals surface area contributed by atoms with Gasteiger partial charge in [-0.1, -0.05) is 17.4 Å². The molecule has 4 N–H and O–H groups in total. The Morgan fingerprint density at radius 1 is 1.22 bits per heavy atom. The molecule has 14 heteroatoms. The Morgan fingerprint density at radius 3 is 2.59 bits per heavy atom. The SMILES string of the molecule is C[C@@H]1C[C@@H](N(C)c2nc3nnc(-c4ccc(-c5cn[nH]c5)cc4O)cc3s2)CCN1.O=C(O)C(F)(F)F. The molecule has 4 heterocycles. The highest BCUT2D eigenvalue weighted by Crippen LogP contribution is 2.35. The second kappa shape index (κ2) is 10.7. The number of rotatable bonds is 4. The van der Waals surface area contributed by atoms with Gasteiger partial charge in [0.2, 0.25) is 0 Å². The molecular formula is C23H24F3N7O3S. The third-order valence-electron chi connectivity index (χ3n) is 5.94. The molecule has 0 saturated carbocycles. The summed E-state index contributed by atoms with van der Waals surface area (Å²) < 4.78 is 32.7. The van der Waals surface area contributed by atoms with Crippen LogP contribution in [-0.4, -0.2) is 73.4 Å². The summed E-state index contributed by atoms with van der Waals surface area (Å²) in [4.78, 5) is 15.9. The Bertz CT molecular complexity index is 1380. The number of phenols is 1. The number of anilines is 1. The lowest BCUT2D eigenvalue weighted by molar-refractivity contribution is -0.192. The maximum absolute atomic E-state index is 10.6. The molecule has 10 nitrogen and oxygen atoms in total. The lowest BCUT2D eigenvalue weighted by Crippen LogP contribution is -2.45. The lowest BCUT2D eigenvalue weighted by Gasteiger charge is -2.34. The van der Waals surface area contributed by atoms with Crippen molar-refractivity contribution in [2.75, 3.05) is 18.5 Å². The number of halogens is 3. The number of aromatic amines is 1. The number of hydrogen-bond donors (Lipinski definition) is 4. The van der Waals surface area contributed by atoms with Gasteiger partial charge in [0, 0.05) is 36.5 Å². The molecule has 1 saturated heterocycles. The van der Waals surface area contributed by atoms with Crippen LogP contribution in [0.1, 0.15) is 19.8 Å². The number of aliphatic carboxylic acids is 1. The molecule has 0 amide bonds. The summed E-state index contributed by atoms with van der Waals surface area (Å²) in [6.07, 6.45) is 0.627. The number of nitrogens with one attached hydrogen (secondary N) is 2. The molecule has 2 atom stereocenters. The fourth-order valence-electron chi connectivity index (χ4n) is 3.97. The van der Waals surface area contributed by atoms with E-state index in [1.807, 2.05) is 18.2 Å². The van der Waals surface area contributed by atoms with E-state index in [9.17, 15) is 18.3 Å². The maximum Gasteiger partial charge on any atom is 0.490 e. The Balaban J connectivity index is 0.000000405. The van der Waals surface area contributed by atoms with E-state index < -0.39 is 12.1 Å². The van der Waals surface area contributed by atoms with Gasteiger partial charge >= 0.3 is 12.1 Å². The van der Waals surface area contributed by atoms with Crippen LogP contribution in [0.25, 0.3) is 32.7 Å². The van der Waals surface area contributed by atoms with Gasteiger partial charge in [-0.05, 0) is 50.1 Å². The first-order chi connectivity index (χ1) is 17.5. The van der Waals surface area contributed by atoms with Gasteiger partial charge in [0.05, 0.1) is 16.6 Å². The lowest BCUT2D eigenvalue weighted by atomic mass is 10.00. The summed E-state index contributed by atoms with van der Waals surface area (Å²) in [6.45, 7) is 3.25. The minimum absolute atomic E-state index is 0.160. The molecule has 4 aromatic rings. The van der Waals surface area contributed by atoms with E-state index in [0.29, 0.717) is 29.0 Å². The Labute approximate surface area is 213 Å². The molecule has 37 heavy (non-hydrogen) atoms. The maximum atomic E-state index is 10.6. The van der Waals surface area contributed by atoms with E-state index in [1.165, 1.54) is 0 Å². The van der Waals surface area contributed by atoms with E-state index in [1.54, 1.807) is 29.8 Å². The van der Waals surface area contributed by atoms with Crippen LogP contribution in [0, 0.1) is 0 Å². The normalized spacial score (nSPS) is 17.8. The highest BCUT2D eigenvalue weighted by Gasteiger charge is 2.38. The van der Waals surface area contributed by atoms with Gasteiger partial charge in [-0.25, -0.2) is 4.79 Å². The van der Waals surface area contributed by atoms with Gasteiger partial charge in [-0.15, -0.1) is 10.2 Å². The standard InChI is InChI=1S/C21H23N7OS.C2HF3O2/c1-12-7-15(5-6-22-12)28(2)21-25-20-19(30-21)9-17(26-27-20)16-4-3-13(8-18(16)29)14-10-23-24-11-14;3-2(4,5)1(6)7/h3-4,8-12,15,22,29H,5-7H2,1-2H3,(H,23,24);(H,6,7)/t12-,15+;/m1./s1. The summed E-state index contributed by atoms with van der Waals surface area (Å²) in [7, 11) is 2.11. The zero-order valence-electron chi connectivity index (χ0n) is 19.8. The third-order valence-corrected chi connectivity index (χ3v) is 7.02. The van der Waals surface area contributed by atoms with Gasteiger partial charge in [-0.3, -0.25) is 5.10 Å². The van der Waals surface area contributed by atoms with Crippen LogP contribution in [0.4, 0.5) is 18.3 Å². The van der Waals surface area contributed by atoms with Crippen LogP contribution in [0.2, 0.25) is 0 Å². The molecule has 1 fully saturated rings. The molecule has 1 aliphatic rings. The summed E-state index contributed by atoms with van der Waals surface area (Å²) >= 11 is 1.61. The molecule has 0 unspecified atom stereocenters. The number of carboxylic acid groups (broad SMARTS) is 1.